The van der Waals surface area contributed by atoms with Crippen molar-refractivity contribution in [1.82, 2.24) is 4.90 Å². The molecule has 1 aromatic rings. The summed E-state index contributed by atoms with van der Waals surface area (Å²) in [4.78, 5) is 2.12. The van der Waals surface area contributed by atoms with Gasteiger partial charge >= 0.3 is 0 Å². The third-order valence-electron chi connectivity index (χ3n) is 3.05. The molecule has 1 unspecified atom stereocenters. The zero-order chi connectivity index (χ0) is 13.4. The first-order valence-electron chi connectivity index (χ1n) is 6.05. The quantitative estimate of drug-likeness (QED) is 0.789. The van der Waals surface area contributed by atoms with Gasteiger partial charge in [0.1, 0.15) is 5.54 Å². The van der Waals surface area contributed by atoms with Crippen LogP contribution < -0.4 is 5.73 Å². The molecule has 0 saturated heterocycles. The van der Waals surface area contributed by atoms with Crippen LogP contribution in [-0.4, -0.2) is 38.8 Å². The smallest absolute Gasteiger partial charge is 0.131 e. The number of hydrogen-bond donors (Lipinski definition) is 1. The molecule has 0 aliphatic rings. The molecule has 4 heteroatoms. The number of nitrogens with zero attached hydrogens (tertiary/aromatic N) is 2. The van der Waals surface area contributed by atoms with Crippen molar-refractivity contribution in [2.24, 2.45) is 5.73 Å². The summed E-state index contributed by atoms with van der Waals surface area (Å²) in [7, 11) is 3.68. The van der Waals surface area contributed by atoms with Crippen molar-refractivity contribution in [2.45, 2.75) is 12.0 Å². The third kappa shape index (κ3) is 4.11. The molecule has 4 nitrogen and oxygen atoms in total. The standard InChI is InChI=1S/C14H21N3O/c1-17(10-11-18-2)9-8-14(16,12-15)13-6-4-3-5-7-13/h3-7H,8-11,16H2,1-2H3. The predicted octanol–water partition coefficient (Wildman–Crippen LogP) is 1.33. The van der Waals surface area contributed by atoms with Gasteiger partial charge in [-0.15, -0.1) is 0 Å². The van der Waals surface area contributed by atoms with E-state index in [0.29, 0.717) is 13.0 Å². The van der Waals surface area contributed by atoms with Crippen LogP contribution in [0.5, 0.6) is 0 Å². The minimum atomic E-state index is -0.914. The summed E-state index contributed by atoms with van der Waals surface area (Å²) >= 11 is 0. The lowest BCUT2D eigenvalue weighted by Crippen LogP contribution is -2.39. The Morgan fingerprint density at radius 3 is 2.56 bits per heavy atom. The van der Waals surface area contributed by atoms with Crippen molar-refractivity contribution in [1.29, 1.82) is 5.26 Å². The Hall–Kier alpha value is -1.41. The maximum Gasteiger partial charge on any atom is 0.131 e. The number of hydrogen-bond acceptors (Lipinski definition) is 4. The van der Waals surface area contributed by atoms with E-state index < -0.39 is 5.54 Å². The highest BCUT2D eigenvalue weighted by atomic mass is 16.5. The largest absolute Gasteiger partial charge is 0.383 e. The lowest BCUT2D eigenvalue weighted by Gasteiger charge is -2.25. The van der Waals surface area contributed by atoms with Crippen molar-refractivity contribution >= 4 is 0 Å². The monoisotopic (exact) mass is 247 g/mol. The molecule has 0 amide bonds. The molecule has 0 heterocycles. The van der Waals surface area contributed by atoms with Crippen LogP contribution in [0.3, 0.4) is 0 Å². The molecule has 0 bridgehead atoms. The van der Waals surface area contributed by atoms with E-state index in [9.17, 15) is 5.26 Å². The van der Waals surface area contributed by atoms with E-state index in [2.05, 4.69) is 11.0 Å². The van der Waals surface area contributed by atoms with Crippen LogP contribution in [-0.2, 0) is 10.3 Å². The molecule has 18 heavy (non-hydrogen) atoms. The fourth-order valence-electron chi connectivity index (χ4n) is 1.73. The number of rotatable bonds is 7. The normalized spacial score (nSPS) is 14.2. The molecule has 1 atom stereocenters. The van der Waals surface area contributed by atoms with Crippen LogP contribution in [0.2, 0.25) is 0 Å². The minimum absolute atomic E-state index is 0.605. The average molecular weight is 247 g/mol. The summed E-state index contributed by atoms with van der Waals surface area (Å²) in [6, 6.07) is 11.8. The van der Waals surface area contributed by atoms with Crippen molar-refractivity contribution < 1.29 is 4.74 Å². The molecule has 0 radical (unpaired) electrons. The van der Waals surface area contributed by atoms with Crippen molar-refractivity contribution in [3.8, 4) is 6.07 Å². The SMILES string of the molecule is COCCN(C)CCC(N)(C#N)c1ccccc1. The predicted molar refractivity (Wildman–Crippen MR) is 71.9 cm³/mol. The average Bonchev–Trinajstić information content (AvgIpc) is 2.43. The highest BCUT2D eigenvalue weighted by Gasteiger charge is 2.26. The summed E-state index contributed by atoms with van der Waals surface area (Å²) in [5, 5.41) is 9.31. The molecule has 0 aliphatic heterocycles. The third-order valence-corrected chi connectivity index (χ3v) is 3.05. The van der Waals surface area contributed by atoms with Gasteiger partial charge in [-0.2, -0.15) is 5.26 Å². The first-order chi connectivity index (χ1) is 8.62. The Balaban J connectivity index is 2.59. The summed E-state index contributed by atoms with van der Waals surface area (Å²) in [6.45, 7) is 2.29. The van der Waals surface area contributed by atoms with Crippen LogP contribution in [0, 0.1) is 11.3 Å². The number of nitriles is 1. The molecule has 1 aromatic carbocycles. The van der Waals surface area contributed by atoms with Gasteiger partial charge in [-0.1, -0.05) is 30.3 Å². The second-order valence-corrected chi connectivity index (χ2v) is 4.50. The van der Waals surface area contributed by atoms with Crippen molar-refractivity contribution in [2.75, 3.05) is 33.9 Å². The second-order valence-electron chi connectivity index (χ2n) is 4.50. The molecule has 0 aromatic heterocycles. The van der Waals surface area contributed by atoms with Crippen LogP contribution in [0.15, 0.2) is 30.3 Å². The first-order valence-corrected chi connectivity index (χ1v) is 6.05. The van der Waals surface area contributed by atoms with Gasteiger partial charge in [-0.05, 0) is 19.0 Å². The van der Waals surface area contributed by atoms with Crippen molar-refractivity contribution in [3.63, 3.8) is 0 Å². The number of ether oxygens (including phenoxy) is 1. The van der Waals surface area contributed by atoms with Crippen LogP contribution in [0.4, 0.5) is 0 Å². The second kappa shape index (κ2) is 7.12. The summed E-state index contributed by atoms with van der Waals surface area (Å²) < 4.78 is 5.02. The Kier molecular flexibility index (Phi) is 5.79. The lowest BCUT2D eigenvalue weighted by atomic mass is 9.89. The van der Waals surface area contributed by atoms with E-state index in [-0.39, 0.29) is 0 Å². The van der Waals surface area contributed by atoms with E-state index in [1.165, 1.54) is 0 Å². The highest BCUT2D eigenvalue weighted by molar-refractivity contribution is 5.30. The molecule has 1 rings (SSSR count). The van der Waals surface area contributed by atoms with Crippen LogP contribution >= 0.6 is 0 Å². The molecule has 2 N–H and O–H groups in total. The van der Waals surface area contributed by atoms with Gasteiger partial charge in [0.05, 0.1) is 12.7 Å². The van der Waals surface area contributed by atoms with E-state index >= 15 is 0 Å². The van der Waals surface area contributed by atoms with E-state index in [4.69, 9.17) is 10.5 Å². The Bertz CT molecular complexity index is 388. The van der Waals surface area contributed by atoms with Crippen LogP contribution in [0.25, 0.3) is 0 Å². The fraction of sp³-hybridized carbons (Fsp3) is 0.500. The number of nitrogens with two attached hydrogens (primary N) is 1. The molecule has 0 aliphatic carbocycles. The Labute approximate surface area is 109 Å². The summed E-state index contributed by atoms with van der Waals surface area (Å²) in [5.41, 5.74) is 6.13. The minimum Gasteiger partial charge on any atom is -0.383 e. The number of likely N-dealkylation sites (N-methyl/N-ethyl adjacent to an activating group) is 1. The first kappa shape index (κ1) is 14.7. The Morgan fingerprint density at radius 2 is 2.00 bits per heavy atom. The molecule has 98 valence electrons. The lowest BCUT2D eigenvalue weighted by molar-refractivity contribution is 0.158. The molecule has 0 fully saturated rings. The Morgan fingerprint density at radius 1 is 1.33 bits per heavy atom. The highest BCUT2D eigenvalue weighted by Crippen LogP contribution is 2.21. The van der Waals surface area contributed by atoms with E-state index in [0.717, 1.165) is 18.7 Å². The van der Waals surface area contributed by atoms with Gasteiger partial charge in [0.25, 0.3) is 0 Å². The maximum atomic E-state index is 9.31. The van der Waals surface area contributed by atoms with Gasteiger partial charge in [0, 0.05) is 20.2 Å². The van der Waals surface area contributed by atoms with E-state index in [1.807, 2.05) is 37.4 Å². The molecule has 0 saturated carbocycles. The molecule has 0 spiro atoms. The molecular formula is C14H21N3O. The summed E-state index contributed by atoms with van der Waals surface area (Å²) in [5.74, 6) is 0. The van der Waals surface area contributed by atoms with E-state index in [1.54, 1.807) is 7.11 Å². The zero-order valence-electron chi connectivity index (χ0n) is 11.1. The molecular weight excluding hydrogens is 226 g/mol. The maximum absolute atomic E-state index is 9.31. The van der Waals surface area contributed by atoms with Crippen molar-refractivity contribution in [3.05, 3.63) is 35.9 Å². The van der Waals surface area contributed by atoms with Gasteiger partial charge in [-0.3, -0.25) is 0 Å². The number of benzene rings is 1. The van der Waals surface area contributed by atoms with Gasteiger partial charge in [0.15, 0.2) is 0 Å². The summed E-state index contributed by atoms with van der Waals surface area (Å²) in [6.07, 6.45) is 0.605. The van der Waals surface area contributed by atoms with Crippen LogP contribution in [0.1, 0.15) is 12.0 Å². The zero-order valence-corrected chi connectivity index (χ0v) is 11.1. The van der Waals surface area contributed by atoms with Gasteiger partial charge < -0.3 is 15.4 Å². The topological polar surface area (TPSA) is 62.3 Å². The van der Waals surface area contributed by atoms with Gasteiger partial charge in [-0.25, -0.2) is 0 Å². The van der Waals surface area contributed by atoms with Gasteiger partial charge in [0.2, 0.25) is 0 Å². The number of methoxy groups -OCH3 is 1. The fourth-order valence-corrected chi connectivity index (χ4v) is 1.73.